The first-order valence-electron chi connectivity index (χ1n) is 5.74. The van der Waals surface area contributed by atoms with Crippen molar-refractivity contribution < 1.29 is 0 Å². The molecule has 0 radical (unpaired) electrons. The number of benzene rings is 1. The molecule has 2 rings (SSSR count). The summed E-state index contributed by atoms with van der Waals surface area (Å²) in [6.45, 7) is 6.88. The van der Waals surface area contributed by atoms with Gasteiger partial charge in [-0.1, -0.05) is 6.07 Å². The van der Waals surface area contributed by atoms with Crippen LogP contribution in [0.15, 0.2) is 18.2 Å². The van der Waals surface area contributed by atoms with Gasteiger partial charge in [0.2, 0.25) is 0 Å². The highest BCUT2D eigenvalue weighted by molar-refractivity contribution is 5.48. The van der Waals surface area contributed by atoms with Gasteiger partial charge in [0.1, 0.15) is 5.82 Å². The molecule has 4 heteroatoms. The Morgan fingerprint density at radius 2 is 1.88 bits per heavy atom. The van der Waals surface area contributed by atoms with Crippen LogP contribution >= 0.6 is 0 Å². The lowest BCUT2D eigenvalue weighted by molar-refractivity contribution is 0.789. The Hall–Kier alpha value is -1.84. The van der Waals surface area contributed by atoms with Crippen LogP contribution in [0.25, 0.3) is 0 Å². The normalized spacial score (nSPS) is 10.6. The summed E-state index contributed by atoms with van der Waals surface area (Å²) in [6, 6.07) is 6.36. The quantitative estimate of drug-likeness (QED) is 0.880. The van der Waals surface area contributed by atoms with Gasteiger partial charge in [-0.25, -0.2) is 0 Å². The van der Waals surface area contributed by atoms with Crippen LogP contribution in [0, 0.1) is 20.8 Å². The van der Waals surface area contributed by atoms with Gasteiger partial charge in [0.05, 0.1) is 6.54 Å². The van der Waals surface area contributed by atoms with Crippen LogP contribution in [0.1, 0.15) is 22.8 Å². The number of rotatable bonds is 3. The summed E-state index contributed by atoms with van der Waals surface area (Å²) in [7, 11) is 1.98. The number of aromatic nitrogens is 3. The molecule has 0 saturated heterocycles. The fourth-order valence-electron chi connectivity index (χ4n) is 1.64. The van der Waals surface area contributed by atoms with Gasteiger partial charge in [-0.2, -0.15) is 0 Å². The molecule has 1 N–H and O–H groups in total. The van der Waals surface area contributed by atoms with E-state index >= 15 is 0 Å². The van der Waals surface area contributed by atoms with E-state index in [2.05, 4.69) is 47.6 Å². The van der Waals surface area contributed by atoms with Crippen LogP contribution < -0.4 is 5.32 Å². The van der Waals surface area contributed by atoms with Crippen LogP contribution in [0.5, 0.6) is 0 Å². The van der Waals surface area contributed by atoms with E-state index in [0.29, 0.717) is 6.54 Å². The van der Waals surface area contributed by atoms with Gasteiger partial charge in [-0.3, -0.25) is 0 Å². The molecule has 2 aromatic rings. The molecule has 90 valence electrons. The Bertz CT molecular complexity index is 528. The number of hydrogen-bond acceptors (Lipinski definition) is 3. The third kappa shape index (κ3) is 2.46. The van der Waals surface area contributed by atoms with Crippen molar-refractivity contribution in [2.24, 2.45) is 7.05 Å². The van der Waals surface area contributed by atoms with Crippen LogP contribution in [-0.4, -0.2) is 14.8 Å². The van der Waals surface area contributed by atoms with Gasteiger partial charge in [-0.15, -0.1) is 10.2 Å². The number of anilines is 1. The van der Waals surface area contributed by atoms with E-state index in [1.165, 1.54) is 11.1 Å². The number of aryl methyl sites for hydroxylation is 3. The van der Waals surface area contributed by atoms with Gasteiger partial charge in [0, 0.05) is 12.7 Å². The molecule has 0 fully saturated rings. The average Bonchev–Trinajstić information content (AvgIpc) is 2.62. The zero-order valence-electron chi connectivity index (χ0n) is 10.8. The number of nitrogens with one attached hydrogen (secondary N) is 1. The van der Waals surface area contributed by atoms with E-state index in [4.69, 9.17) is 0 Å². The molecule has 1 aromatic carbocycles. The van der Waals surface area contributed by atoms with Crippen LogP contribution in [-0.2, 0) is 13.6 Å². The summed E-state index contributed by atoms with van der Waals surface area (Å²) in [6.07, 6.45) is 0. The van der Waals surface area contributed by atoms with E-state index in [1.54, 1.807) is 0 Å². The molecule has 0 aliphatic heterocycles. The van der Waals surface area contributed by atoms with Gasteiger partial charge in [-0.05, 0) is 44.0 Å². The Balaban J connectivity index is 2.07. The van der Waals surface area contributed by atoms with Gasteiger partial charge >= 0.3 is 0 Å². The Labute approximate surface area is 102 Å². The fraction of sp³-hybridized carbons (Fsp3) is 0.385. The SMILES string of the molecule is Cc1ccc(NCc2nnc(C)n2C)cc1C. The molecule has 1 aromatic heterocycles. The molecule has 0 spiro atoms. The molecule has 0 saturated carbocycles. The number of nitrogens with zero attached hydrogens (tertiary/aromatic N) is 3. The molecular weight excluding hydrogens is 212 g/mol. The first kappa shape index (κ1) is 11.6. The zero-order valence-corrected chi connectivity index (χ0v) is 10.8. The van der Waals surface area contributed by atoms with Crippen molar-refractivity contribution in [1.29, 1.82) is 0 Å². The largest absolute Gasteiger partial charge is 0.378 e. The second-order valence-electron chi connectivity index (χ2n) is 4.38. The maximum absolute atomic E-state index is 4.12. The van der Waals surface area contributed by atoms with Crippen molar-refractivity contribution in [2.75, 3.05) is 5.32 Å². The van der Waals surface area contributed by atoms with E-state index in [-0.39, 0.29) is 0 Å². The molecule has 1 heterocycles. The van der Waals surface area contributed by atoms with Gasteiger partial charge in [0.25, 0.3) is 0 Å². The highest BCUT2D eigenvalue weighted by Crippen LogP contribution is 2.14. The lowest BCUT2D eigenvalue weighted by Crippen LogP contribution is -2.06. The predicted octanol–water partition coefficient (Wildman–Crippen LogP) is 2.35. The van der Waals surface area contributed by atoms with Crippen LogP contribution in [0.4, 0.5) is 5.69 Å². The third-order valence-electron chi connectivity index (χ3n) is 3.14. The van der Waals surface area contributed by atoms with E-state index in [1.807, 2.05) is 18.5 Å². The third-order valence-corrected chi connectivity index (χ3v) is 3.14. The fourth-order valence-corrected chi connectivity index (χ4v) is 1.64. The van der Waals surface area contributed by atoms with Crippen molar-refractivity contribution >= 4 is 5.69 Å². The Kier molecular flexibility index (Phi) is 3.13. The first-order valence-corrected chi connectivity index (χ1v) is 5.74. The van der Waals surface area contributed by atoms with Crippen LogP contribution in [0.3, 0.4) is 0 Å². The minimum absolute atomic E-state index is 0.694. The standard InChI is InChI=1S/C13H18N4/c1-9-5-6-12(7-10(9)2)14-8-13-16-15-11(3)17(13)4/h5-7,14H,8H2,1-4H3. The number of hydrogen-bond donors (Lipinski definition) is 1. The van der Waals surface area contributed by atoms with Crippen LogP contribution in [0.2, 0.25) is 0 Å². The maximum atomic E-state index is 4.12. The summed E-state index contributed by atoms with van der Waals surface area (Å²) in [5.74, 6) is 1.88. The maximum Gasteiger partial charge on any atom is 0.152 e. The zero-order chi connectivity index (χ0) is 12.4. The van der Waals surface area contributed by atoms with E-state index < -0.39 is 0 Å². The Morgan fingerprint density at radius 3 is 2.47 bits per heavy atom. The first-order chi connectivity index (χ1) is 8.08. The van der Waals surface area contributed by atoms with E-state index in [0.717, 1.165) is 17.3 Å². The molecular formula is C13H18N4. The minimum atomic E-state index is 0.694. The molecule has 0 aliphatic rings. The van der Waals surface area contributed by atoms with E-state index in [9.17, 15) is 0 Å². The average molecular weight is 230 g/mol. The molecule has 0 atom stereocenters. The highest BCUT2D eigenvalue weighted by Gasteiger charge is 2.04. The Morgan fingerprint density at radius 1 is 1.12 bits per heavy atom. The summed E-state index contributed by atoms with van der Waals surface area (Å²) < 4.78 is 1.99. The van der Waals surface area contributed by atoms with Crippen molar-refractivity contribution in [3.05, 3.63) is 41.0 Å². The molecule has 17 heavy (non-hydrogen) atoms. The highest BCUT2D eigenvalue weighted by atomic mass is 15.3. The summed E-state index contributed by atoms with van der Waals surface area (Å²) in [5, 5.41) is 11.5. The smallest absolute Gasteiger partial charge is 0.152 e. The molecule has 0 amide bonds. The lowest BCUT2D eigenvalue weighted by atomic mass is 10.1. The monoisotopic (exact) mass is 230 g/mol. The molecule has 0 unspecified atom stereocenters. The van der Waals surface area contributed by atoms with Crippen molar-refractivity contribution in [3.8, 4) is 0 Å². The van der Waals surface area contributed by atoms with Crippen molar-refractivity contribution in [3.63, 3.8) is 0 Å². The summed E-state index contributed by atoms with van der Waals surface area (Å²) in [4.78, 5) is 0. The topological polar surface area (TPSA) is 42.7 Å². The second kappa shape index (κ2) is 4.57. The summed E-state index contributed by atoms with van der Waals surface area (Å²) >= 11 is 0. The van der Waals surface area contributed by atoms with Gasteiger partial charge in [0.15, 0.2) is 5.82 Å². The van der Waals surface area contributed by atoms with Gasteiger partial charge < -0.3 is 9.88 Å². The summed E-state index contributed by atoms with van der Waals surface area (Å²) in [5.41, 5.74) is 3.72. The second-order valence-corrected chi connectivity index (χ2v) is 4.38. The lowest BCUT2D eigenvalue weighted by Gasteiger charge is -2.08. The van der Waals surface area contributed by atoms with Crippen molar-refractivity contribution in [1.82, 2.24) is 14.8 Å². The van der Waals surface area contributed by atoms with Crippen molar-refractivity contribution in [2.45, 2.75) is 27.3 Å². The molecule has 0 aliphatic carbocycles. The minimum Gasteiger partial charge on any atom is -0.378 e. The molecule has 0 bridgehead atoms. The predicted molar refractivity (Wildman–Crippen MR) is 69.0 cm³/mol. The molecule has 4 nitrogen and oxygen atoms in total.